The molecule has 0 spiro atoms. The molecule has 0 saturated carbocycles. The fraction of sp³-hybridized carbons (Fsp3) is 0.333. The number of benzene rings is 1. The number of amides is 2. The highest BCUT2D eigenvalue weighted by Crippen LogP contribution is 2.12. The van der Waals surface area contributed by atoms with Crippen molar-refractivity contribution in [2.24, 2.45) is 0 Å². The van der Waals surface area contributed by atoms with Gasteiger partial charge in [0.25, 0.3) is 0 Å². The molecular formula is C18H23FN4O2. The van der Waals surface area contributed by atoms with Crippen molar-refractivity contribution in [3.8, 4) is 5.75 Å². The smallest absolute Gasteiger partial charge is 0.319 e. The minimum absolute atomic E-state index is 0.265. The van der Waals surface area contributed by atoms with Gasteiger partial charge in [-0.2, -0.15) is 0 Å². The van der Waals surface area contributed by atoms with E-state index in [-0.39, 0.29) is 11.8 Å². The van der Waals surface area contributed by atoms with Gasteiger partial charge >= 0.3 is 6.03 Å². The lowest BCUT2D eigenvalue weighted by Crippen LogP contribution is -2.29. The standard InChI is InChI=1S/C18H23FN4O2/c1-23(2)17-10-7-15(13-21-17)22-18(24)20-11-3-4-12-25-16-8-5-14(19)6-9-16/h5-10,13H,3-4,11-12H2,1-2H3,(H2,20,22,24). The van der Waals surface area contributed by atoms with Gasteiger partial charge in [0, 0.05) is 20.6 Å². The number of halogens is 1. The number of aromatic nitrogens is 1. The third kappa shape index (κ3) is 6.66. The molecule has 0 radical (unpaired) electrons. The van der Waals surface area contributed by atoms with Crippen molar-refractivity contribution in [3.05, 3.63) is 48.4 Å². The Balaban J connectivity index is 1.58. The van der Waals surface area contributed by atoms with Crippen LogP contribution in [0.2, 0.25) is 0 Å². The summed E-state index contributed by atoms with van der Waals surface area (Å²) in [6.45, 7) is 1.06. The average molecular weight is 346 g/mol. The average Bonchev–Trinajstić information content (AvgIpc) is 2.60. The number of unbranched alkanes of at least 4 members (excludes halogenated alkanes) is 1. The third-order valence-corrected chi connectivity index (χ3v) is 3.40. The molecule has 2 N–H and O–H groups in total. The van der Waals surface area contributed by atoms with Crippen LogP contribution in [0.4, 0.5) is 20.7 Å². The van der Waals surface area contributed by atoms with E-state index >= 15 is 0 Å². The van der Waals surface area contributed by atoms with Gasteiger partial charge in [0.15, 0.2) is 0 Å². The Morgan fingerprint density at radius 2 is 1.92 bits per heavy atom. The molecular weight excluding hydrogens is 323 g/mol. The number of hydrogen-bond donors (Lipinski definition) is 2. The molecule has 0 atom stereocenters. The van der Waals surface area contributed by atoms with Crippen LogP contribution in [0.3, 0.4) is 0 Å². The molecule has 0 aliphatic carbocycles. The van der Waals surface area contributed by atoms with E-state index in [9.17, 15) is 9.18 Å². The largest absolute Gasteiger partial charge is 0.494 e. The molecule has 2 rings (SSSR count). The topological polar surface area (TPSA) is 66.5 Å². The zero-order valence-corrected chi connectivity index (χ0v) is 14.5. The van der Waals surface area contributed by atoms with Crippen LogP contribution in [-0.2, 0) is 0 Å². The number of carbonyl (C=O) groups is 1. The van der Waals surface area contributed by atoms with Crippen molar-refractivity contribution >= 4 is 17.5 Å². The summed E-state index contributed by atoms with van der Waals surface area (Å²) in [5, 5.41) is 5.51. The molecule has 0 fully saturated rings. The predicted octanol–water partition coefficient (Wildman–Crippen LogP) is 3.27. The maximum Gasteiger partial charge on any atom is 0.319 e. The molecule has 0 bridgehead atoms. The summed E-state index contributed by atoms with van der Waals surface area (Å²) < 4.78 is 18.2. The first-order chi connectivity index (χ1) is 12.0. The van der Waals surface area contributed by atoms with E-state index in [1.54, 1.807) is 24.4 Å². The number of ether oxygens (including phenoxy) is 1. The van der Waals surface area contributed by atoms with Gasteiger partial charge in [0.2, 0.25) is 0 Å². The second-order valence-corrected chi connectivity index (χ2v) is 5.69. The van der Waals surface area contributed by atoms with Crippen LogP contribution >= 0.6 is 0 Å². The normalized spacial score (nSPS) is 10.2. The number of urea groups is 1. The van der Waals surface area contributed by atoms with Gasteiger partial charge in [-0.3, -0.25) is 0 Å². The van der Waals surface area contributed by atoms with Crippen molar-refractivity contribution in [3.63, 3.8) is 0 Å². The lowest BCUT2D eigenvalue weighted by Gasteiger charge is -2.12. The second kappa shape index (κ2) is 9.46. The van der Waals surface area contributed by atoms with Crippen LogP contribution in [0.15, 0.2) is 42.6 Å². The van der Waals surface area contributed by atoms with E-state index in [1.807, 2.05) is 25.1 Å². The molecule has 6 nitrogen and oxygen atoms in total. The van der Waals surface area contributed by atoms with Gasteiger partial charge in [0.05, 0.1) is 18.5 Å². The molecule has 0 aliphatic heterocycles. The minimum atomic E-state index is -0.283. The number of pyridine rings is 1. The number of hydrogen-bond acceptors (Lipinski definition) is 4. The lowest BCUT2D eigenvalue weighted by molar-refractivity contribution is 0.251. The Bertz CT molecular complexity index is 660. The number of nitrogens with one attached hydrogen (secondary N) is 2. The van der Waals surface area contributed by atoms with Gasteiger partial charge in [-0.15, -0.1) is 0 Å². The van der Waals surface area contributed by atoms with Gasteiger partial charge in [-0.05, 0) is 49.2 Å². The summed E-state index contributed by atoms with van der Waals surface area (Å²) in [7, 11) is 3.81. The van der Waals surface area contributed by atoms with E-state index in [0.29, 0.717) is 24.6 Å². The Hall–Kier alpha value is -2.83. The van der Waals surface area contributed by atoms with Crippen LogP contribution in [0.5, 0.6) is 5.75 Å². The number of anilines is 2. The van der Waals surface area contributed by atoms with Crippen LogP contribution in [0, 0.1) is 5.82 Å². The molecule has 1 heterocycles. The first-order valence-corrected chi connectivity index (χ1v) is 8.11. The highest BCUT2D eigenvalue weighted by atomic mass is 19.1. The van der Waals surface area contributed by atoms with Gasteiger partial charge in [-0.25, -0.2) is 14.2 Å². The second-order valence-electron chi connectivity index (χ2n) is 5.69. The van der Waals surface area contributed by atoms with Gasteiger partial charge in [-0.1, -0.05) is 0 Å². The van der Waals surface area contributed by atoms with Gasteiger partial charge < -0.3 is 20.3 Å². The monoisotopic (exact) mass is 346 g/mol. The van der Waals surface area contributed by atoms with Crippen LogP contribution in [0.25, 0.3) is 0 Å². The first kappa shape index (κ1) is 18.5. The summed E-state index contributed by atoms with van der Waals surface area (Å²) in [5.41, 5.74) is 0.641. The van der Waals surface area contributed by atoms with E-state index in [0.717, 1.165) is 18.7 Å². The number of rotatable bonds is 8. The molecule has 1 aromatic heterocycles. The summed E-state index contributed by atoms with van der Waals surface area (Å²) in [6.07, 6.45) is 3.19. The van der Waals surface area contributed by atoms with E-state index in [4.69, 9.17) is 4.74 Å². The summed E-state index contributed by atoms with van der Waals surface area (Å²) in [6, 6.07) is 9.29. The Morgan fingerprint density at radius 1 is 1.16 bits per heavy atom. The molecule has 0 aliphatic rings. The molecule has 7 heteroatoms. The molecule has 2 amide bonds. The van der Waals surface area contributed by atoms with Crippen LogP contribution in [0.1, 0.15) is 12.8 Å². The van der Waals surface area contributed by atoms with E-state index in [2.05, 4.69) is 15.6 Å². The van der Waals surface area contributed by atoms with Crippen molar-refractivity contribution in [1.29, 1.82) is 0 Å². The highest BCUT2D eigenvalue weighted by molar-refractivity contribution is 5.89. The number of carbonyl (C=O) groups excluding carboxylic acids is 1. The van der Waals surface area contributed by atoms with Crippen LogP contribution < -0.4 is 20.3 Å². The quantitative estimate of drug-likeness (QED) is 0.720. The molecule has 2 aromatic rings. The molecule has 25 heavy (non-hydrogen) atoms. The third-order valence-electron chi connectivity index (χ3n) is 3.40. The SMILES string of the molecule is CN(C)c1ccc(NC(=O)NCCCCOc2ccc(F)cc2)cn1. The Morgan fingerprint density at radius 3 is 2.56 bits per heavy atom. The van der Waals surface area contributed by atoms with Gasteiger partial charge in [0.1, 0.15) is 17.4 Å². The summed E-state index contributed by atoms with van der Waals surface area (Å²) >= 11 is 0. The fourth-order valence-corrected chi connectivity index (χ4v) is 2.05. The zero-order chi connectivity index (χ0) is 18.1. The van der Waals surface area contributed by atoms with Crippen molar-refractivity contribution in [2.75, 3.05) is 37.5 Å². The molecule has 0 unspecified atom stereocenters. The van der Waals surface area contributed by atoms with Crippen molar-refractivity contribution < 1.29 is 13.9 Å². The van der Waals surface area contributed by atoms with E-state index in [1.165, 1.54) is 12.1 Å². The Kier molecular flexibility index (Phi) is 7.00. The van der Waals surface area contributed by atoms with E-state index < -0.39 is 0 Å². The lowest BCUT2D eigenvalue weighted by atomic mass is 10.3. The number of nitrogens with zero attached hydrogens (tertiary/aromatic N) is 2. The minimum Gasteiger partial charge on any atom is -0.494 e. The maximum absolute atomic E-state index is 12.8. The zero-order valence-electron chi connectivity index (χ0n) is 14.5. The highest BCUT2D eigenvalue weighted by Gasteiger charge is 2.03. The molecule has 134 valence electrons. The molecule has 0 saturated heterocycles. The first-order valence-electron chi connectivity index (χ1n) is 8.11. The Labute approximate surface area is 147 Å². The predicted molar refractivity (Wildman–Crippen MR) is 96.7 cm³/mol. The van der Waals surface area contributed by atoms with Crippen molar-refractivity contribution in [1.82, 2.24) is 10.3 Å². The van der Waals surface area contributed by atoms with Crippen LogP contribution in [-0.4, -0.2) is 38.3 Å². The fourth-order valence-electron chi connectivity index (χ4n) is 2.05. The summed E-state index contributed by atoms with van der Waals surface area (Å²) in [5.74, 6) is 1.18. The maximum atomic E-state index is 12.8. The summed E-state index contributed by atoms with van der Waals surface area (Å²) in [4.78, 5) is 17.9. The molecule has 1 aromatic carbocycles. The van der Waals surface area contributed by atoms with Crippen molar-refractivity contribution in [2.45, 2.75) is 12.8 Å².